The van der Waals surface area contributed by atoms with Crippen LogP contribution in [0.25, 0.3) is 6.08 Å². The van der Waals surface area contributed by atoms with Gasteiger partial charge in [0, 0.05) is 11.9 Å². The molecule has 0 amide bonds. The third kappa shape index (κ3) is 2.00. The summed E-state index contributed by atoms with van der Waals surface area (Å²) in [6.07, 6.45) is 5.19. The SMILES string of the molecule is O=C(/C=C/c1ccc[nH]1)c1cccs1. The number of carbonyl (C=O) groups excluding carboxylic acids is 1. The van der Waals surface area contributed by atoms with Crippen LogP contribution in [0.1, 0.15) is 15.4 Å². The van der Waals surface area contributed by atoms with Gasteiger partial charge in [-0.3, -0.25) is 4.79 Å². The Hall–Kier alpha value is -1.61. The Bertz CT molecular complexity index is 426. The van der Waals surface area contributed by atoms with E-state index < -0.39 is 0 Å². The lowest BCUT2D eigenvalue weighted by molar-refractivity contribution is 0.105. The Kier molecular flexibility index (Phi) is 2.60. The number of nitrogens with one attached hydrogen (secondary N) is 1. The van der Waals surface area contributed by atoms with E-state index in [-0.39, 0.29) is 5.78 Å². The molecule has 0 fully saturated rings. The number of aromatic amines is 1. The van der Waals surface area contributed by atoms with Crippen LogP contribution in [-0.4, -0.2) is 10.8 Å². The fourth-order valence-corrected chi connectivity index (χ4v) is 1.76. The van der Waals surface area contributed by atoms with E-state index in [0.717, 1.165) is 10.6 Å². The van der Waals surface area contributed by atoms with Crippen LogP contribution in [0.3, 0.4) is 0 Å². The number of H-pyrrole nitrogens is 1. The molecule has 0 radical (unpaired) electrons. The van der Waals surface area contributed by atoms with Crippen molar-refractivity contribution in [2.24, 2.45) is 0 Å². The van der Waals surface area contributed by atoms with E-state index in [1.54, 1.807) is 12.2 Å². The predicted octanol–water partition coefficient (Wildman–Crippen LogP) is 2.97. The van der Waals surface area contributed by atoms with Crippen LogP contribution in [0.2, 0.25) is 0 Å². The summed E-state index contributed by atoms with van der Waals surface area (Å²) in [6, 6.07) is 7.51. The molecule has 2 aromatic rings. The Morgan fingerprint density at radius 3 is 2.93 bits per heavy atom. The Morgan fingerprint density at radius 1 is 1.36 bits per heavy atom. The second kappa shape index (κ2) is 4.07. The van der Waals surface area contributed by atoms with Crippen molar-refractivity contribution in [3.63, 3.8) is 0 Å². The quantitative estimate of drug-likeness (QED) is 0.603. The number of aromatic nitrogens is 1. The van der Waals surface area contributed by atoms with E-state index in [4.69, 9.17) is 0 Å². The molecular weight excluding hydrogens is 194 g/mol. The predicted molar refractivity (Wildman–Crippen MR) is 58.5 cm³/mol. The van der Waals surface area contributed by atoms with Crippen molar-refractivity contribution in [2.45, 2.75) is 0 Å². The molecule has 1 N–H and O–H groups in total. The van der Waals surface area contributed by atoms with Crippen LogP contribution in [0, 0.1) is 0 Å². The molecule has 2 heterocycles. The fraction of sp³-hybridized carbons (Fsp3) is 0. The maximum atomic E-state index is 11.5. The molecule has 14 heavy (non-hydrogen) atoms. The van der Waals surface area contributed by atoms with Gasteiger partial charge < -0.3 is 4.98 Å². The van der Waals surface area contributed by atoms with Gasteiger partial charge in [-0.05, 0) is 35.7 Å². The summed E-state index contributed by atoms with van der Waals surface area (Å²) in [6.45, 7) is 0. The van der Waals surface area contributed by atoms with E-state index >= 15 is 0 Å². The van der Waals surface area contributed by atoms with Crippen molar-refractivity contribution >= 4 is 23.2 Å². The molecule has 0 aromatic carbocycles. The molecule has 0 atom stereocenters. The summed E-state index contributed by atoms with van der Waals surface area (Å²) < 4.78 is 0. The molecule has 0 aliphatic heterocycles. The molecule has 0 unspecified atom stereocenters. The van der Waals surface area contributed by atoms with Crippen LogP contribution in [0.15, 0.2) is 41.9 Å². The summed E-state index contributed by atoms with van der Waals surface area (Å²) in [5.41, 5.74) is 0.940. The van der Waals surface area contributed by atoms with Crippen LogP contribution in [0.5, 0.6) is 0 Å². The molecule has 0 aliphatic carbocycles. The van der Waals surface area contributed by atoms with E-state index in [1.807, 2.05) is 35.8 Å². The van der Waals surface area contributed by atoms with Gasteiger partial charge in [-0.15, -0.1) is 11.3 Å². The van der Waals surface area contributed by atoms with Gasteiger partial charge in [-0.1, -0.05) is 6.07 Å². The van der Waals surface area contributed by atoms with Crippen molar-refractivity contribution in [2.75, 3.05) is 0 Å². The Morgan fingerprint density at radius 2 is 2.29 bits per heavy atom. The van der Waals surface area contributed by atoms with Crippen molar-refractivity contribution in [3.8, 4) is 0 Å². The lowest BCUT2D eigenvalue weighted by Crippen LogP contribution is -1.88. The summed E-state index contributed by atoms with van der Waals surface area (Å²) in [7, 11) is 0. The summed E-state index contributed by atoms with van der Waals surface area (Å²) in [4.78, 5) is 15.3. The summed E-state index contributed by atoms with van der Waals surface area (Å²) >= 11 is 1.46. The van der Waals surface area contributed by atoms with Gasteiger partial charge in [0.1, 0.15) is 0 Å². The maximum absolute atomic E-state index is 11.5. The van der Waals surface area contributed by atoms with Crippen LogP contribution < -0.4 is 0 Å². The highest BCUT2D eigenvalue weighted by Gasteiger charge is 2.00. The van der Waals surface area contributed by atoms with Gasteiger partial charge in [0.15, 0.2) is 5.78 Å². The standard InChI is InChI=1S/C11H9NOS/c13-10(11-4-2-8-14-11)6-5-9-3-1-7-12-9/h1-8,12H/b6-5+. The average molecular weight is 203 g/mol. The number of rotatable bonds is 3. The van der Waals surface area contributed by atoms with Gasteiger partial charge >= 0.3 is 0 Å². The third-order valence-corrected chi connectivity index (χ3v) is 2.68. The number of carbonyl (C=O) groups is 1. The minimum atomic E-state index is 0.0506. The number of allylic oxidation sites excluding steroid dienone is 1. The minimum Gasteiger partial charge on any atom is -0.362 e. The van der Waals surface area contributed by atoms with Crippen molar-refractivity contribution < 1.29 is 4.79 Å². The molecule has 0 aliphatic rings. The molecule has 0 spiro atoms. The topological polar surface area (TPSA) is 32.9 Å². The molecule has 2 rings (SSSR count). The molecule has 0 bridgehead atoms. The number of ketones is 1. The van der Waals surface area contributed by atoms with Gasteiger partial charge in [0.05, 0.1) is 4.88 Å². The van der Waals surface area contributed by atoms with Crippen LogP contribution in [0.4, 0.5) is 0 Å². The molecule has 2 aromatic heterocycles. The van der Waals surface area contributed by atoms with Gasteiger partial charge in [0.25, 0.3) is 0 Å². The number of hydrogen-bond acceptors (Lipinski definition) is 2. The first kappa shape index (κ1) is 8.97. The second-order valence-corrected chi connectivity index (χ2v) is 3.75. The zero-order chi connectivity index (χ0) is 9.80. The highest BCUT2D eigenvalue weighted by molar-refractivity contribution is 7.12. The first-order chi connectivity index (χ1) is 6.86. The van der Waals surface area contributed by atoms with E-state index in [9.17, 15) is 4.79 Å². The highest BCUT2D eigenvalue weighted by atomic mass is 32.1. The summed E-state index contributed by atoms with van der Waals surface area (Å²) in [5, 5.41) is 1.90. The fourth-order valence-electron chi connectivity index (χ4n) is 1.11. The number of hydrogen-bond donors (Lipinski definition) is 1. The largest absolute Gasteiger partial charge is 0.362 e. The zero-order valence-electron chi connectivity index (χ0n) is 7.44. The zero-order valence-corrected chi connectivity index (χ0v) is 8.25. The monoisotopic (exact) mass is 203 g/mol. The summed E-state index contributed by atoms with van der Waals surface area (Å²) in [5.74, 6) is 0.0506. The first-order valence-electron chi connectivity index (χ1n) is 4.25. The third-order valence-electron chi connectivity index (χ3n) is 1.80. The van der Waals surface area contributed by atoms with Crippen molar-refractivity contribution in [3.05, 3.63) is 52.5 Å². The first-order valence-corrected chi connectivity index (χ1v) is 5.13. The molecule has 0 saturated carbocycles. The van der Waals surface area contributed by atoms with Crippen LogP contribution in [-0.2, 0) is 0 Å². The van der Waals surface area contributed by atoms with Gasteiger partial charge in [-0.2, -0.15) is 0 Å². The molecule has 70 valence electrons. The van der Waals surface area contributed by atoms with Gasteiger partial charge in [-0.25, -0.2) is 0 Å². The van der Waals surface area contributed by atoms with Crippen molar-refractivity contribution in [1.82, 2.24) is 4.98 Å². The average Bonchev–Trinajstić information content (AvgIpc) is 2.87. The second-order valence-electron chi connectivity index (χ2n) is 2.80. The molecule has 0 saturated heterocycles. The molecule has 3 heteroatoms. The highest BCUT2D eigenvalue weighted by Crippen LogP contribution is 2.10. The Labute approximate surface area is 85.9 Å². The lowest BCUT2D eigenvalue weighted by atomic mass is 10.3. The van der Waals surface area contributed by atoms with Crippen molar-refractivity contribution in [1.29, 1.82) is 0 Å². The van der Waals surface area contributed by atoms with E-state index in [0.29, 0.717) is 0 Å². The minimum absolute atomic E-state index is 0.0506. The molecular formula is C11H9NOS. The smallest absolute Gasteiger partial charge is 0.195 e. The maximum Gasteiger partial charge on any atom is 0.195 e. The van der Waals surface area contributed by atoms with E-state index in [1.165, 1.54) is 11.3 Å². The number of thiophene rings is 1. The van der Waals surface area contributed by atoms with Gasteiger partial charge in [0.2, 0.25) is 0 Å². The normalized spacial score (nSPS) is 10.9. The van der Waals surface area contributed by atoms with E-state index in [2.05, 4.69) is 4.98 Å². The lowest BCUT2D eigenvalue weighted by Gasteiger charge is -1.87. The van der Waals surface area contributed by atoms with Crippen LogP contribution >= 0.6 is 11.3 Å². The molecule has 2 nitrogen and oxygen atoms in total. The Balaban J connectivity index is 2.09.